The van der Waals surface area contributed by atoms with Crippen LogP contribution in [0.2, 0.25) is 0 Å². The van der Waals surface area contributed by atoms with Crippen LogP contribution in [0.3, 0.4) is 0 Å². The number of esters is 1. The predicted octanol–water partition coefficient (Wildman–Crippen LogP) is 5.40. The van der Waals surface area contributed by atoms with Crippen molar-refractivity contribution < 1.29 is 9.53 Å². The number of benzene rings is 3. The van der Waals surface area contributed by atoms with Crippen LogP contribution in [0.25, 0.3) is 10.8 Å². The van der Waals surface area contributed by atoms with Crippen LogP contribution in [0.4, 0.5) is 11.4 Å². The van der Waals surface area contributed by atoms with Crippen LogP contribution in [0, 0.1) is 0 Å². The van der Waals surface area contributed by atoms with Crippen LogP contribution in [0.15, 0.2) is 94.4 Å². The van der Waals surface area contributed by atoms with Crippen molar-refractivity contribution in [2.75, 3.05) is 11.9 Å². The van der Waals surface area contributed by atoms with Crippen LogP contribution in [-0.4, -0.2) is 18.8 Å². The van der Waals surface area contributed by atoms with Crippen molar-refractivity contribution in [3.63, 3.8) is 0 Å². The van der Waals surface area contributed by atoms with Gasteiger partial charge >= 0.3 is 5.97 Å². The van der Waals surface area contributed by atoms with Crippen LogP contribution in [-0.2, 0) is 9.53 Å². The Bertz CT molecular complexity index is 1280. The summed E-state index contributed by atoms with van der Waals surface area (Å²) in [6, 6.07) is 22.4. The topological polar surface area (TPSA) is 62.7 Å². The number of nitrogens with zero attached hydrogens (tertiary/aromatic N) is 1. The molecule has 0 fully saturated rings. The number of nitrogens with one attached hydrogen (secondary N) is 2. The van der Waals surface area contributed by atoms with E-state index < -0.39 is 0 Å². The smallest absolute Gasteiger partial charge is 0.336 e. The molecule has 0 amide bonds. The fourth-order valence-electron chi connectivity index (χ4n) is 4.36. The van der Waals surface area contributed by atoms with Crippen molar-refractivity contribution in [1.29, 1.82) is 0 Å². The van der Waals surface area contributed by atoms with Gasteiger partial charge in [-0.2, -0.15) is 0 Å². The summed E-state index contributed by atoms with van der Waals surface area (Å²) < 4.78 is 5.46. The van der Waals surface area contributed by atoms with Gasteiger partial charge in [0.25, 0.3) is 0 Å². The maximum absolute atomic E-state index is 13.1. The number of aliphatic imine (C=N–C) groups is 1. The van der Waals surface area contributed by atoms with Crippen molar-refractivity contribution >= 4 is 34.3 Å². The molecule has 2 heterocycles. The van der Waals surface area contributed by atoms with Crippen LogP contribution in [0.1, 0.15) is 25.3 Å². The second-order valence-electron chi connectivity index (χ2n) is 7.62. The zero-order chi connectivity index (χ0) is 21.4. The summed E-state index contributed by atoms with van der Waals surface area (Å²) in [5.41, 5.74) is 5.10. The molecule has 2 aliphatic heterocycles. The van der Waals surface area contributed by atoms with Gasteiger partial charge in [0.05, 0.1) is 23.6 Å². The van der Waals surface area contributed by atoms with Gasteiger partial charge < -0.3 is 15.4 Å². The van der Waals surface area contributed by atoms with Crippen molar-refractivity contribution in [1.82, 2.24) is 5.32 Å². The van der Waals surface area contributed by atoms with Gasteiger partial charge in [-0.1, -0.05) is 54.6 Å². The van der Waals surface area contributed by atoms with Crippen LogP contribution in [0.5, 0.6) is 0 Å². The number of ether oxygens (including phenoxy) is 1. The third-order valence-corrected chi connectivity index (χ3v) is 5.74. The Balaban J connectivity index is 1.74. The highest BCUT2D eigenvalue weighted by Crippen LogP contribution is 2.42. The average molecular weight is 409 g/mol. The monoisotopic (exact) mass is 409 g/mol. The minimum Gasteiger partial charge on any atom is -0.463 e. The highest BCUT2D eigenvalue weighted by atomic mass is 16.5. The quantitative estimate of drug-likeness (QED) is 0.568. The molecular formula is C26H23N3O2. The molecule has 0 unspecified atom stereocenters. The number of hydrogen-bond donors (Lipinski definition) is 2. The van der Waals surface area contributed by atoms with E-state index in [1.54, 1.807) is 0 Å². The molecule has 0 spiro atoms. The predicted molar refractivity (Wildman–Crippen MR) is 124 cm³/mol. The lowest BCUT2D eigenvalue weighted by atomic mass is 9.80. The van der Waals surface area contributed by atoms with Crippen LogP contribution < -0.4 is 10.6 Å². The third kappa shape index (κ3) is 3.28. The van der Waals surface area contributed by atoms with Gasteiger partial charge in [0.15, 0.2) is 0 Å². The third-order valence-electron chi connectivity index (χ3n) is 5.74. The number of dihydropyridines is 1. The number of allylic oxidation sites excluding steroid dienone is 2. The van der Waals surface area contributed by atoms with Gasteiger partial charge in [0, 0.05) is 23.4 Å². The number of fused-ring (bicyclic) bond motifs is 2. The van der Waals surface area contributed by atoms with E-state index in [2.05, 4.69) is 34.9 Å². The first-order chi connectivity index (χ1) is 15.2. The molecular weight excluding hydrogens is 386 g/mol. The Labute approximate surface area is 181 Å². The second-order valence-corrected chi connectivity index (χ2v) is 7.62. The Hall–Kier alpha value is -3.86. The van der Waals surface area contributed by atoms with Gasteiger partial charge in [0.2, 0.25) is 0 Å². The zero-order valence-corrected chi connectivity index (χ0v) is 17.5. The Morgan fingerprint density at radius 3 is 2.65 bits per heavy atom. The van der Waals surface area contributed by atoms with Gasteiger partial charge in [-0.25, -0.2) is 4.79 Å². The number of anilines is 1. The van der Waals surface area contributed by atoms with Gasteiger partial charge in [0.1, 0.15) is 5.82 Å². The molecule has 5 rings (SSSR count). The molecule has 0 saturated heterocycles. The first-order valence-corrected chi connectivity index (χ1v) is 10.4. The standard InChI is InChI=1S/C26H23N3O2/c1-3-31-26(30)23-16(2)28-25-20(15-27-21-13-6-7-14-22(21)29-25)24(23)19-12-8-10-17-9-4-5-11-18(17)19/h4-15,24,28-29H,3H2,1-2H3/t24-/m0/s1. The maximum Gasteiger partial charge on any atom is 0.336 e. The first-order valence-electron chi connectivity index (χ1n) is 10.4. The second kappa shape index (κ2) is 7.76. The summed E-state index contributed by atoms with van der Waals surface area (Å²) in [7, 11) is 0. The molecule has 2 N–H and O–H groups in total. The maximum atomic E-state index is 13.1. The lowest BCUT2D eigenvalue weighted by molar-refractivity contribution is -0.138. The van der Waals surface area contributed by atoms with Crippen molar-refractivity contribution in [2.45, 2.75) is 19.8 Å². The number of carbonyl (C=O) groups excluding carboxylic acids is 1. The minimum absolute atomic E-state index is 0.313. The molecule has 0 aromatic heterocycles. The van der Waals surface area contributed by atoms with Crippen molar-refractivity contribution in [2.24, 2.45) is 4.99 Å². The lowest BCUT2D eigenvalue weighted by Gasteiger charge is -2.31. The van der Waals surface area contributed by atoms with Gasteiger partial charge in [-0.3, -0.25) is 4.99 Å². The molecule has 5 heteroatoms. The SMILES string of the molecule is CCOC(=O)C1=C(C)NC2=C(C=Nc3ccccc3N2)[C@@H]1c1cccc2ccccc12. The zero-order valence-electron chi connectivity index (χ0n) is 17.5. The van der Waals surface area contributed by atoms with E-state index in [-0.39, 0.29) is 11.9 Å². The van der Waals surface area contributed by atoms with E-state index in [1.165, 1.54) is 0 Å². The van der Waals surface area contributed by atoms with Gasteiger partial charge in [-0.15, -0.1) is 0 Å². The number of para-hydroxylation sites is 2. The molecule has 31 heavy (non-hydrogen) atoms. The fourth-order valence-corrected chi connectivity index (χ4v) is 4.36. The summed E-state index contributed by atoms with van der Waals surface area (Å²) in [6.07, 6.45) is 1.86. The van der Waals surface area contributed by atoms with E-state index in [0.29, 0.717) is 12.2 Å². The molecule has 1 atom stereocenters. The average Bonchev–Trinajstić information content (AvgIpc) is 2.97. The fraction of sp³-hybridized carbons (Fsp3) is 0.154. The molecule has 154 valence electrons. The largest absolute Gasteiger partial charge is 0.463 e. The molecule has 2 aliphatic rings. The molecule has 0 radical (unpaired) electrons. The summed E-state index contributed by atoms with van der Waals surface area (Å²) >= 11 is 0. The van der Waals surface area contributed by atoms with E-state index in [9.17, 15) is 4.79 Å². The first kappa shape index (κ1) is 19.1. The number of carbonyl (C=O) groups is 1. The highest BCUT2D eigenvalue weighted by Gasteiger charge is 2.36. The molecule has 3 aromatic carbocycles. The summed E-state index contributed by atoms with van der Waals surface area (Å²) in [5, 5.41) is 9.11. The summed E-state index contributed by atoms with van der Waals surface area (Å²) in [4.78, 5) is 17.8. The molecule has 0 bridgehead atoms. The number of hydrogen-bond acceptors (Lipinski definition) is 5. The molecule has 0 aliphatic carbocycles. The summed E-state index contributed by atoms with van der Waals surface area (Å²) in [6.45, 7) is 4.07. The molecule has 3 aromatic rings. The summed E-state index contributed by atoms with van der Waals surface area (Å²) in [5.74, 6) is 0.205. The number of rotatable bonds is 3. The highest BCUT2D eigenvalue weighted by molar-refractivity contribution is 6.01. The van der Waals surface area contributed by atoms with E-state index >= 15 is 0 Å². The molecule has 0 saturated carbocycles. The van der Waals surface area contributed by atoms with E-state index in [0.717, 1.165) is 44.8 Å². The van der Waals surface area contributed by atoms with Crippen LogP contribution >= 0.6 is 0 Å². The normalized spacial score (nSPS) is 17.4. The van der Waals surface area contributed by atoms with E-state index in [1.807, 2.05) is 62.5 Å². The van der Waals surface area contributed by atoms with E-state index in [4.69, 9.17) is 9.73 Å². The Kier molecular flexibility index (Phi) is 4.79. The van der Waals surface area contributed by atoms with Crippen molar-refractivity contribution in [3.05, 3.63) is 95.0 Å². The minimum atomic E-state index is -0.313. The molecule has 5 nitrogen and oxygen atoms in total. The van der Waals surface area contributed by atoms with Crippen molar-refractivity contribution in [3.8, 4) is 0 Å². The lowest BCUT2D eigenvalue weighted by Crippen LogP contribution is -2.33. The van der Waals surface area contributed by atoms with Gasteiger partial charge in [-0.05, 0) is 42.3 Å². The Morgan fingerprint density at radius 1 is 1.00 bits per heavy atom. The Morgan fingerprint density at radius 2 is 1.77 bits per heavy atom.